The van der Waals surface area contributed by atoms with E-state index in [0.717, 1.165) is 19.3 Å². The molecule has 164 valence electrons. The smallest absolute Gasteiger partial charge is 0.163 e. The number of phenols is 1. The molecule has 5 N–H and O–H groups in total. The average Bonchev–Trinajstić information content (AvgIpc) is 2.77. The predicted octanol–water partition coefficient (Wildman–Crippen LogP) is 3.24. The summed E-state index contributed by atoms with van der Waals surface area (Å²) in [6, 6.07) is 10.3. The van der Waals surface area contributed by atoms with Crippen LogP contribution in [0.15, 0.2) is 35.4 Å². The Kier molecular flexibility index (Phi) is 8.70. The van der Waals surface area contributed by atoms with E-state index in [0.29, 0.717) is 53.4 Å². The van der Waals surface area contributed by atoms with Gasteiger partial charge in [-0.05, 0) is 56.5 Å². The van der Waals surface area contributed by atoms with Crippen LogP contribution in [0.2, 0.25) is 0 Å². The van der Waals surface area contributed by atoms with Gasteiger partial charge in [-0.1, -0.05) is 13.3 Å². The van der Waals surface area contributed by atoms with Crippen molar-refractivity contribution >= 4 is 11.6 Å². The predicted molar refractivity (Wildman–Crippen MR) is 118 cm³/mol. The fraction of sp³-hybridized carbons (Fsp3) is 0.348. The number of benzene rings is 2. The van der Waals surface area contributed by atoms with Crippen LogP contribution in [0.1, 0.15) is 60.2 Å². The number of rotatable bonds is 11. The van der Waals surface area contributed by atoms with Crippen LogP contribution in [-0.2, 0) is 6.42 Å². The number of ether oxygens (including phenoxy) is 2. The molecule has 0 bridgehead atoms. The zero-order chi connectivity index (χ0) is 22.8. The number of amidine groups is 1. The van der Waals surface area contributed by atoms with Crippen molar-refractivity contribution in [3.63, 3.8) is 0 Å². The molecule has 0 aliphatic heterocycles. The maximum absolute atomic E-state index is 11.6. The molecule has 0 saturated heterocycles. The highest BCUT2D eigenvalue weighted by molar-refractivity contribution is 5.99. The van der Waals surface area contributed by atoms with E-state index in [1.807, 2.05) is 6.92 Å². The molecule has 8 heteroatoms. The summed E-state index contributed by atoms with van der Waals surface area (Å²) in [6.45, 7) is 4.33. The third kappa shape index (κ3) is 6.12. The van der Waals surface area contributed by atoms with E-state index in [2.05, 4.69) is 11.2 Å². The molecule has 0 amide bonds. The number of hydrazone groups is 1. The van der Waals surface area contributed by atoms with Crippen molar-refractivity contribution in [1.29, 1.82) is 5.26 Å². The molecular formula is C23H28N4O4. The average molecular weight is 425 g/mol. The Hall–Kier alpha value is -3.73. The third-order valence-corrected chi connectivity index (χ3v) is 4.71. The lowest BCUT2D eigenvalue weighted by Crippen LogP contribution is -2.17. The van der Waals surface area contributed by atoms with Gasteiger partial charge in [-0.25, -0.2) is 0 Å². The largest absolute Gasteiger partial charge is 0.507 e. The fourth-order valence-corrected chi connectivity index (χ4v) is 3.10. The molecule has 2 rings (SSSR count). The molecule has 0 aromatic heterocycles. The molecule has 0 aliphatic rings. The van der Waals surface area contributed by atoms with Crippen LogP contribution < -0.4 is 21.1 Å². The SMILES string of the molecule is CCCc1c(OCCCCOc2ccc(/C(N)=N/N)c(C#N)c2)ccc(C(C)=O)c1O. The van der Waals surface area contributed by atoms with E-state index in [4.69, 9.17) is 21.1 Å². The van der Waals surface area contributed by atoms with Gasteiger partial charge in [0, 0.05) is 11.1 Å². The van der Waals surface area contributed by atoms with Crippen LogP contribution in [0, 0.1) is 11.3 Å². The molecule has 2 aromatic carbocycles. The molecule has 31 heavy (non-hydrogen) atoms. The molecule has 0 atom stereocenters. The van der Waals surface area contributed by atoms with E-state index in [-0.39, 0.29) is 17.4 Å². The normalized spacial score (nSPS) is 11.1. The number of hydrogen-bond donors (Lipinski definition) is 3. The van der Waals surface area contributed by atoms with Gasteiger partial charge in [-0.3, -0.25) is 4.79 Å². The second-order valence-electron chi connectivity index (χ2n) is 6.98. The Morgan fingerprint density at radius 2 is 1.84 bits per heavy atom. The number of aromatic hydroxyl groups is 1. The molecule has 0 radical (unpaired) electrons. The molecular weight excluding hydrogens is 396 g/mol. The number of nitrogens with two attached hydrogens (primary N) is 2. The summed E-state index contributed by atoms with van der Waals surface area (Å²) in [7, 11) is 0. The van der Waals surface area contributed by atoms with Gasteiger partial charge in [0.2, 0.25) is 0 Å². The third-order valence-electron chi connectivity index (χ3n) is 4.71. The first-order chi connectivity index (χ1) is 14.9. The lowest BCUT2D eigenvalue weighted by Gasteiger charge is -2.15. The minimum Gasteiger partial charge on any atom is -0.507 e. The monoisotopic (exact) mass is 424 g/mol. The Morgan fingerprint density at radius 1 is 1.16 bits per heavy atom. The standard InChI is InChI=1S/C23H28N4O4/c1-3-6-20-21(10-9-18(15(2)28)22(20)29)31-12-5-4-11-30-17-7-8-19(23(25)27-26)16(13-17)14-24/h7-10,13,29H,3-6,11-12,26H2,1-2H3,(H2,25,27). The molecule has 0 aliphatic carbocycles. The highest BCUT2D eigenvalue weighted by Gasteiger charge is 2.15. The number of nitriles is 1. The maximum Gasteiger partial charge on any atom is 0.163 e. The van der Waals surface area contributed by atoms with Gasteiger partial charge in [0.25, 0.3) is 0 Å². The van der Waals surface area contributed by atoms with Crippen LogP contribution in [0.3, 0.4) is 0 Å². The van der Waals surface area contributed by atoms with Gasteiger partial charge in [-0.2, -0.15) is 10.4 Å². The molecule has 0 fully saturated rings. The van der Waals surface area contributed by atoms with Gasteiger partial charge in [0.05, 0.1) is 24.3 Å². The highest BCUT2D eigenvalue weighted by atomic mass is 16.5. The number of phenolic OH excluding ortho intramolecular Hbond substituents is 1. The minimum absolute atomic E-state index is 0.00671. The zero-order valence-corrected chi connectivity index (χ0v) is 17.9. The van der Waals surface area contributed by atoms with Gasteiger partial charge in [0.1, 0.15) is 23.3 Å². The van der Waals surface area contributed by atoms with E-state index >= 15 is 0 Å². The van der Waals surface area contributed by atoms with E-state index < -0.39 is 0 Å². The fourth-order valence-electron chi connectivity index (χ4n) is 3.10. The van der Waals surface area contributed by atoms with E-state index in [1.54, 1.807) is 30.3 Å². The van der Waals surface area contributed by atoms with Crippen molar-refractivity contribution in [3.8, 4) is 23.3 Å². The first-order valence-corrected chi connectivity index (χ1v) is 10.1. The van der Waals surface area contributed by atoms with Gasteiger partial charge in [0.15, 0.2) is 11.6 Å². The molecule has 0 saturated carbocycles. The number of ketones is 1. The summed E-state index contributed by atoms with van der Waals surface area (Å²) in [6.07, 6.45) is 2.92. The molecule has 0 spiro atoms. The molecule has 0 heterocycles. The van der Waals surface area contributed by atoms with Crippen LogP contribution in [0.25, 0.3) is 0 Å². The summed E-state index contributed by atoms with van der Waals surface area (Å²) in [5.41, 5.74) is 7.45. The lowest BCUT2D eigenvalue weighted by atomic mass is 10.0. The van der Waals surface area contributed by atoms with Crippen molar-refractivity contribution in [2.75, 3.05) is 13.2 Å². The Balaban J connectivity index is 1.87. The Morgan fingerprint density at radius 3 is 2.45 bits per heavy atom. The van der Waals surface area contributed by atoms with Crippen LogP contribution in [0.5, 0.6) is 17.2 Å². The number of hydrogen-bond acceptors (Lipinski definition) is 7. The number of nitrogens with zero attached hydrogens (tertiary/aromatic N) is 2. The number of carbonyl (C=O) groups is 1. The highest BCUT2D eigenvalue weighted by Crippen LogP contribution is 2.33. The van der Waals surface area contributed by atoms with Crippen LogP contribution in [-0.4, -0.2) is 29.9 Å². The van der Waals surface area contributed by atoms with Gasteiger partial charge in [-0.15, -0.1) is 0 Å². The second kappa shape index (κ2) is 11.5. The summed E-state index contributed by atoms with van der Waals surface area (Å²) in [5.74, 6) is 6.24. The number of carbonyl (C=O) groups excluding carboxylic acids is 1. The van der Waals surface area contributed by atoms with Crippen molar-refractivity contribution in [3.05, 3.63) is 52.6 Å². The second-order valence-corrected chi connectivity index (χ2v) is 6.98. The van der Waals surface area contributed by atoms with Crippen molar-refractivity contribution in [2.45, 2.75) is 39.5 Å². The van der Waals surface area contributed by atoms with Crippen LogP contribution >= 0.6 is 0 Å². The topological polar surface area (TPSA) is 144 Å². The van der Waals surface area contributed by atoms with Gasteiger partial charge >= 0.3 is 0 Å². The van der Waals surface area contributed by atoms with Crippen molar-refractivity contribution < 1.29 is 19.4 Å². The van der Waals surface area contributed by atoms with E-state index in [9.17, 15) is 15.2 Å². The van der Waals surface area contributed by atoms with Crippen LogP contribution in [0.4, 0.5) is 0 Å². The summed E-state index contributed by atoms with van der Waals surface area (Å²) >= 11 is 0. The Bertz CT molecular complexity index is 996. The lowest BCUT2D eigenvalue weighted by molar-refractivity contribution is 0.101. The van der Waals surface area contributed by atoms with Gasteiger partial charge < -0.3 is 26.2 Å². The summed E-state index contributed by atoms with van der Waals surface area (Å²) in [4.78, 5) is 11.6. The molecule has 2 aromatic rings. The first-order valence-electron chi connectivity index (χ1n) is 10.1. The molecule has 0 unspecified atom stereocenters. The van der Waals surface area contributed by atoms with Crippen molar-refractivity contribution in [1.82, 2.24) is 0 Å². The minimum atomic E-state index is -0.177. The number of Topliss-reactive ketones (excluding diaryl/α,β-unsaturated/α-hetero) is 1. The summed E-state index contributed by atoms with van der Waals surface area (Å²) < 4.78 is 11.5. The maximum atomic E-state index is 11.6. The molecule has 8 nitrogen and oxygen atoms in total. The quantitative estimate of drug-likeness (QED) is 0.125. The van der Waals surface area contributed by atoms with Crippen molar-refractivity contribution in [2.24, 2.45) is 16.7 Å². The number of unbranched alkanes of at least 4 members (excludes halogenated alkanes) is 1. The zero-order valence-electron chi connectivity index (χ0n) is 17.9. The Labute approximate surface area is 182 Å². The summed E-state index contributed by atoms with van der Waals surface area (Å²) in [5, 5.41) is 23.0. The first kappa shape index (κ1) is 23.5. The van der Waals surface area contributed by atoms with E-state index in [1.165, 1.54) is 6.92 Å².